The third-order valence-corrected chi connectivity index (χ3v) is 5.39. The molecule has 3 rings (SSSR count). The van der Waals surface area contributed by atoms with E-state index < -0.39 is 0 Å². The maximum atomic E-state index is 10.5. The van der Waals surface area contributed by atoms with Crippen molar-refractivity contribution in [3.05, 3.63) is 46.7 Å². The van der Waals surface area contributed by atoms with Gasteiger partial charge in [0.15, 0.2) is 10.6 Å². The fourth-order valence-corrected chi connectivity index (χ4v) is 3.93. The van der Waals surface area contributed by atoms with Gasteiger partial charge in [0.2, 0.25) is 0 Å². The summed E-state index contributed by atoms with van der Waals surface area (Å²) in [6.45, 7) is 10.3. The van der Waals surface area contributed by atoms with Gasteiger partial charge in [-0.15, -0.1) is 0 Å². The third kappa shape index (κ3) is 4.36. The summed E-state index contributed by atoms with van der Waals surface area (Å²) in [5.74, 6) is 0.638. The van der Waals surface area contributed by atoms with Crippen molar-refractivity contribution in [2.24, 2.45) is 0 Å². The van der Waals surface area contributed by atoms with E-state index >= 15 is 0 Å². The van der Waals surface area contributed by atoms with Crippen LogP contribution in [0.2, 0.25) is 0 Å². The van der Waals surface area contributed by atoms with E-state index in [1.807, 2.05) is 30.5 Å². The number of aromatic nitrogens is 3. The second kappa shape index (κ2) is 9.34. The van der Waals surface area contributed by atoms with Gasteiger partial charge in [0, 0.05) is 24.8 Å². The molecule has 0 aliphatic rings. The molecule has 1 aromatic heterocycles. The Morgan fingerprint density at radius 3 is 2.40 bits per heavy atom. The van der Waals surface area contributed by atoms with Crippen LogP contribution in [0, 0.1) is 4.77 Å². The molecule has 1 heterocycles. The van der Waals surface area contributed by atoms with Gasteiger partial charge in [0.1, 0.15) is 11.5 Å². The van der Waals surface area contributed by atoms with Crippen molar-refractivity contribution in [1.82, 2.24) is 14.8 Å². The summed E-state index contributed by atoms with van der Waals surface area (Å²) in [5, 5.41) is 28.0. The number of hydrogen-bond donors (Lipinski definition) is 3. The Labute approximate surface area is 182 Å². The summed E-state index contributed by atoms with van der Waals surface area (Å²) in [6, 6.07) is 11.3. The van der Waals surface area contributed by atoms with Crippen molar-refractivity contribution >= 4 is 17.9 Å². The van der Waals surface area contributed by atoms with Crippen LogP contribution in [0.4, 0.5) is 5.69 Å². The van der Waals surface area contributed by atoms with Gasteiger partial charge in [-0.3, -0.25) is 9.67 Å². The summed E-state index contributed by atoms with van der Waals surface area (Å²) < 4.78 is 2.27. The lowest BCUT2D eigenvalue weighted by Gasteiger charge is -2.24. The Kier molecular flexibility index (Phi) is 6.82. The first-order valence-corrected chi connectivity index (χ1v) is 10.9. The van der Waals surface area contributed by atoms with Gasteiger partial charge in [-0.25, -0.2) is 0 Å². The third-order valence-electron chi connectivity index (χ3n) is 5.12. The number of H-pyrrole nitrogens is 1. The quantitative estimate of drug-likeness (QED) is 0.399. The highest BCUT2D eigenvalue weighted by molar-refractivity contribution is 7.71. The molecule has 7 heteroatoms. The average Bonchev–Trinajstić information content (AvgIpc) is 3.09. The van der Waals surface area contributed by atoms with E-state index in [4.69, 9.17) is 12.2 Å². The Bertz CT molecular complexity index is 1070. The zero-order chi connectivity index (χ0) is 21.8. The number of rotatable bonds is 8. The van der Waals surface area contributed by atoms with Crippen LogP contribution in [0.3, 0.4) is 0 Å². The molecule has 0 radical (unpaired) electrons. The van der Waals surface area contributed by atoms with E-state index in [0.717, 1.165) is 42.9 Å². The largest absolute Gasteiger partial charge is 0.508 e. The fraction of sp³-hybridized carbons (Fsp3) is 0.391. The highest BCUT2D eigenvalue weighted by Crippen LogP contribution is 2.38. The molecular formula is C23H30N4O2S. The Hall–Kier alpha value is -2.80. The SMILES string of the molecule is CCCN(CCC)c1cccc(-n2c(-c3cc(C(C)C)c(O)cc3O)n[nH]c2=S)c1. The summed E-state index contributed by atoms with van der Waals surface area (Å²) in [6.07, 6.45) is 2.14. The number of aromatic amines is 1. The lowest BCUT2D eigenvalue weighted by molar-refractivity contribution is 0.444. The van der Waals surface area contributed by atoms with E-state index in [9.17, 15) is 10.2 Å². The van der Waals surface area contributed by atoms with E-state index in [2.05, 4.69) is 41.1 Å². The molecule has 0 saturated heterocycles. The van der Waals surface area contributed by atoms with Crippen LogP contribution >= 0.6 is 12.2 Å². The molecule has 0 fully saturated rings. The van der Waals surface area contributed by atoms with E-state index in [1.165, 1.54) is 6.07 Å². The normalized spacial score (nSPS) is 11.2. The number of benzene rings is 2. The molecule has 30 heavy (non-hydrogen) atoms. The van der Waals surface area contributed by atoms with Crippen molar-refractivity contribution in [2.75, 3.05) is 18.0 Å². The molecule has 0 aliphatic heterocycles. The van der Waals surface area contributed by atoms with Crippen LogP contribution < -0.4 is 4.90 Å². The number of anilines is 1. The molecule has 3 N–H and O–H groups in total. The van der Waals surface area contributed by atoms with Crippen molar-refractivity contribution in [3.63, 3.8) is 0 Å². The molecular weight excluding hydrogens is 396 g/mol. The molecule has 0 aliphatic carbocycles. The van der Waals surface area contributed by atoms with E-state index in [-0.39, 0.29) is 17.4 Å². The van der Waals surface area contributed by atoms with Gasteiger partial charge in [-0.05, 0) is 60.8 Å². The zero-order valence-corrected chi connectivity index (χ0v) is 18.8. The van der Waals surface area contributed by atoms with Crippen molar-refractivity contribution in [1.29, 1.82) is 0 Å². The van der Waals surface area contributed by atoms with Crippen LogP contribution in [0.1, 0.15) is 52.0 Å². The molecule has 0 unspecified atom stereocenters. The molecule has 6 nitrogen and oxygen atoms in total. The Morgan fingerprint density at radius 1 is 1.07 bits per heavy atom. The molecule has 0 spiro atoms. The number of phenolic OH excluding ortho intramolecular Hbond substituents is 2. The first-order chi connectivity index (χ1) is 14.4. The topological polar surface area (TPSA) is 77.3 Å². The van der Waals surface area contributed by atoms with Crippen molar-refractivity contribution in [3.8, 4) is 28.6 Å². The standard InChI is InChI=1S/C23H30N4O2S/c1-5-10-26(11-6-2)16-8-7-9-17(12-16)27-22(24-25-23(27)30)19-13-18(15(3)4)20(28)14-21(19)29/h7-9,12-15,28-29H,5-6,10-11H2,1-4H3,(H,25,30). The summed E-state index contributed by atoms with van der Waals surface area (Å²) in [5.41, 5.74) is 3.27. The van der Waals surface area contributed by atoms with Gasteiger partial charge in [-0.1, -0.05) is 33.8 Å². The predicted molar refractivity (Wildman–Crippen MR) is 124 cm³/mol. The monoisotopic (exact) mass is 426 g/mol. The van der Waals surface area contributed by atoms with Crippen LogP contribution in [0.15, 0.2) is 36.4 Å². The minimum Gasteiger partial charge on any atom is -0.508 e. The van der Waals surface area contributed by atoms with Crippen LogP contribution in [-0.4, -0.2) is 38.1 Å². The van der Waals surface area contributed by atoms with Crippen LogP contribution in [0.5, 0.6) is 11.5 Å². The molecule has 160 valence electrons. The highest BCUT2D eigenvalue weighted by Gasteiger charge is 2.19. The number of hydrogen-bond acceptors (Lipinski definition) is 5. The van der Waals surface area contributed by atoms with Crippen LogP contribution in [0.25, 0.3) is 17.1 Å². The zero-order valence-electron chi connectivity index (χ0n) is 18.0. The minimum absolute atomic E-state index is 0.0399. The smallest absolute Gasteiger partial charge is 0.200 e. The second-order valence-corrected chi connectivity index (χ2v) is 8.16. The molecule has 0 atom stereocenters. The van der Waals surface area contributed by atoms with Gasteiger partial charge in [0.25, 0.3) is 0 Å². The maximum absolute atomic E-state index is 10.5. The highest BCUT2D eigenvalue weighted by atomic mass is 32.1. The number of nitrogens with zero attached hydrogens (tertiary/aromatic N) is 3. The second-order valence-electron chi connectivity index (χ2n) is 7.78. The van der Waals surface area contributed by atoms with Gasteiger partial charge in [-0.2, -0.15) is 5.10 Å². The lowest BCUT2D eigenvalue weighted by Crippen LogP contribution is -2.24. The maximum Gasteiger partial charge on any atom is 0.200 e. The Morgan fingerprint density at radius 2 is 1.77 bits per heavy atom. The minimum atomic E-state index is -0.0399. The Balaban J connectivity index is 2.14. The molecule has 0 saturated carbocycles. The summed E-state index contributed by atoms with van der Waals surface area (Å²) >= 11 is 5.52. The molecule has 2 aromatic carbocycles. The van der Waals surface area contributed by atoms with Gasteiger partial charge < -0.3 is 15.1 Å². The molecule has 3 aromatic rings. The van der Waals surface area contributed by atoms with Crippen LogP contribution in [-0.2, 0) is 0 Å². The van der Waals surface area contributed by atoms with E-state index in [0.29, 0.717) is 16.2 Å². The summed E-state index contributed by atoms with van der Waals surface area (Å²) in [7, 11) is 0. The fourth-order valence-electron chi connectivity index (χ4n) is 3.69. The predicted octanol–water partition coefficient (Wildman–Crippen LogP) is 5.76. The lowest BCUT2D eigenvalue weighted by atomic mass is 9.98. The average molecular weight is 427 g/mol. The van der Waals surface area contributed by atoms with Crippen molar-refractivity contribution < 1.29 is 10.2 Å². The molecule has 0 amide bonds. The van der Waals surface area contributed by atoms with Gasteiger partial charge in [0.05, 0.1) is 11.3 Å². The van der Waals surface area contributed by atoms with Crippen molar-refractivity contribution in [2.45, 2.75) is 46.5 Å². The van der Waals surface area contributed by atoms with E-state index in [1.54, 1.807) is 6.07 Å². The first kappa shape index (κ1) is 21.9. The molecule has 0 bridgehead atoms. The number of phenols is 2. The van der Waals surface area contributed by atoms with Gasteiger partial charge >= 0.3 is 0 Å². The number of nitrogens with one attached hydrogen (secondary N) is 1. The number of aromatic hydroxyl groups is 2. The first-order valence-electron chi connectivity index (χ1n) is 10.5. The summed E-state index contributed by atoms with van der Waals surface area (Å²) in [4.78, 5) is 2.36.